The van der Waals surface area contributed by atoms with Gasteiger partial charge in [0, 0.05) is 12.1 Å². The van der Waals surface area contributed by atoms with Crippen LogP contribution in [0.15, 0.2) is 0 Å². The summed E-state index contributed by atoms with van der Waals surface area (Å²) in [6, 6.07) is -3.31. The van der Waals surface area contributed by atoms with Crippen LogP contribution in [-0.4, -0.2) is 46.3 Å². The normalized spacial score (nSPS) is 33.6. The summed E-state index contributed by atoms with van der Waals surface area (Å²) in [5.41, 5.74) is 0. The zero-order valence-electron chi connectivity index (χ0n) is 9.70. The lowest BCUT2D eigenvalue weighted by molar-refractivity contribution is -0.202. The topological polar surface area (TPSA) is 57.6 Å². The summed E-state index contributed by atoms with van der Waals surface area (Å²) in [6.07, 6.45) is -10.7. The second-order valence-electron chi connectivity index (χ2n) is 4.85. The number of carbonyl (C=O) groups excluding carboxylic acids is 1. The van der Waals surface area contributed by atoms with Gasteiger partial charge in [0.1, 0.15) is 0 Å². The van der Waals surface area contributed by atoms with Crippen molar-refractivity contribution in [3.05, 3.63) is 0 Å². The number of hydrogen-bond donors (Lipinski definition) is 1. The van der Waals surface area contributed by atoms with E-state index < -0.39 is 48.1 Å². The molecule has 0 aromatic heterocycles. The molecule has 2 rings (SSSR count). The van der Waals surface area contributed by atoms with E-state index in [0.29, 0.717) is 0 Å². The summed E-state index contributed by atoms with van der Waals surface area (Å²) in [5.74, 6) is -8.73. The van der Waals surface area contributed by atoms with Crippen LogP contribution < -0.4 is 0 Å². The highest BCUT2D eigenvalue weighted by Gasteiger charge is 2.68. The molecule has 10 heteroatoms. The fraction of sp³-hybridized carbons (Fsp3) is 0.800. The van der Waals surface area contributed by atoms with E-state index in [1.54, 1.807) is 0 Å². The lowest BCUT2D eigenvalue weighted by Crippen LogP contribution is -2.45. The van der Waals surface area contributed by atoms with Crippen LogP contribution in [0.25, 0.3) is 0 Å². The minimum Gasteiger partial charge on any atom is -0.481 e. The third-order valence-electron chi connectivity index (χ3n) is 3.83. The zero-order chi connectivity index (χ0) is 15.5. The van der Waals surface area contributed by atoms with Gasteiger partial charge in [-0.2, -0.15) is 26.3 Å². The van der Waals surface area contributed by atoms with E-state index in [9.17, 15) is 35.9 Å². The predicted octanol–water partition coefficient (Wildman–Crippen LogP) is 1.80. The van der Waals surface area contributed by atoms with Gasteiger partial charge in [0.2, 0.25) is 0 Å². The summed E-state index contributed by atoms with van der Waals surface area (Å²) in [5, 5.41) is 8.85. The molecule has 0 aromatic carbocycles. The molecule has 2 aliphatic rings. The van der Waals surface area contributed by atoms with Crippen LogP contribution >= 0.6 is 0 Å². The van der Waals surface area contributed by atoms with E-state index in [1.165, 1.54) is 0 Å². The predicted molar refractivity (Wildman–Crippen MR) is 50.4 cm³/mol. The van der Waals surface area contributed by atoms with Crippen molar-refractivity contribution in [1.82, 2.24) is 4.90 Å². The monoisotopic (exact) mass is 305 g/mol. The van der Waals surface area contributed by atoms with E-state index in [0.717, 1.165) is 0 Å². The van der Waals surface area contributed by atoms with Gasteiger partial charge >= 0.3 is 24.2 Å². The van der Waals surface area contributed by atoms with Crippen LogP contribution in [0.4, 0.5) is 26.3 Å². The molecular formula is C10H9F6NO3. The first-order valence-electron chi connectivity index (χ1n) is 5.65. The SMILES string of the molecule is O=C(O)[C@@H]1[C@H](C(F)(F)F)[C@H]2CC[C@@H]1N2C(=O)C(F)(F)F. The van der Waals surface area contributed by atoms with Gasteiger partial charge in [-0.3, -0.25) is 9.59 Å². The minimum absolute atomic E-state index is 0.0664. The number of nitrogens with zero attached hydrogens (tertiary/aromatic N) is 1. The summed E-state index contributed by atoms with van der Waals surface area (Å²) in [7, 11) is 0. The molecule has 2 bridgehead atoms. The van der Waals surface area contributed by atoms with Gasteiger partial charge in [0.15, 0.2) is 0 Å². The van der Waals surface area contributed by atoms with Gasteiger partial charge in [-0.05, 0) is 12.8 Å². The number of carbonyl (C=O) groups is 2. The van der Waals surface area contributed by atoms with Crippen molar-refractivity contribution in [3.8, 4) is 0 Å². The molecule has 2 fully saturated rings. The Morgan fingerprint density at radius 2 is 1.50 bits per heavy atom. The molecule has 1 N–H and O–H groups in total. The van der Waals surface area contributed by atoms with Crippen LogP contribution in [0.5, 0.6) is 0 Å². The maximum atomic E-state index is 12.9. The number of alkyl halides is 6. The summed E-state index contributed by atoms with van der Waals surface area (Å²) >= 11 is 0. The Hall–Kier alpha value is -1.48. The van der Waals surface area contributed by atoms with Crippen molar-refractivity contribution in [1.29, 1.82) is 0 Å². The standard InChI is InChI=1S/C10H9F6NO3/c11-9(12,13)6-4-2-1-3(5(6)7(18)19)17(4)8(20)10(14,15)16/h3-6H,1-2H2,(H,18,19)/t3-,4+,5-,6+/m0/s1. The van der Waals surface area contributed by atoms with Crippen LogP contribution in [0.1, 0.15) is 12.8 Å². The lowest BCUT2D eigenvalue weighted by Gasteiger charge is -2.27. The molecule has 4 atom stereocenters. The zero-order valence-corrected chi connectivity index (χ0v) is 9.70. The van der Waals surface area contributed by atoms with Crippen molar-refractivity contribution in [2.45, 2.75) is 37.3 Å². The molecule has 0 spiro atoms. The molecular weight excluding hydrogens is 296 g/mol. The van der Waals surface area contributed by atoms with Gasteiger partial charge in [0.25, 0.3) is 0 Å². The Morgan fingerprint density at radius 1 is 1.00 bits per heavy atom. The van der Waals surface area contributed by atoms with Gasteiger partial charge in [-0.1, -0.05) is 0 Å². The van der Waals surface area contributed by atoms with E-state index in [1.807, 2.05) is 0 Å². The fourth-order valence-electron chi connectivity index (χ4n) is 3.24. The van der Waals surface area contributed by atoms with Crippen molar-refractivity contribution in [2.24, 2.45) is 11.8 Å². The van der Waals surface area contributed by atoms with E-state index >= 15 is 0 Å². The average molecular weight is 305 g/mol. The van der Waals surface area contributed by atoms with Gasteiger partial charge < -0.3 is 10.0 Å². The van der Waals surface area contributed by atoms with Gasteiger partial charge in [0.05, 0.1) is 11.8 Å². The second kappa shape index (κ2) is 4.26. The summed E-state index contributed by atoms with van der Waals surface area (Å²) < 4.78 is 75.9. The number of fused-ring (bicyclic) bond motifs is 2. The Bertz CT molecular complexity index is 445. The second-order valence-corrected chi connectivity index (χ2v) is 4.85. The van der Waals surface area contributed by atoms with Crippen LogP contribution in [-0.2, 0) is 9.59 Å². The van der Waals surface area contributed by atoms with Crippen molar-refractivity contribution in [3.63, 3.8) is 0 Å². The van der Waals surface area contributed by atoms with Crippen LogP contribution in [0, 0.1) is 11.8 Å². The Labute approximate surface area is 108 Å². The summed E-state index contributed by atoms with van der Waals surface area (Å²) in [4.78, 5) is 22.2. The number of rotatable bonds is 1. The molecule has 2 aliphatic heterocycles. The molecule has 0 radical (unpaired) electrons. The maximum absolute atomic E-state index is 12.9. The first-order valence-corrected chi connectivity index (χ1v) is 5.65. The average Bonchev–Trinajstić information content (AvgIpc) is 2.79. The highest BCUT2D eigenvalue weighted by molar-refractivity contribution is 5.85. The number of hydrogen-bond acceptors (Lipinski definition) is 2. The third kappa shape index (κ3) is 2.10. The van der Waals surface area contributed by atoms with Crippen molar-refractivity contribution in [2.75, 3.05) is 0 Å². The van der Waals surface area contributed by atoms with E-state index in [4.69, 9.17) is 5.11 Å². The first kappa shape index (κ1) is 14.9. The third-order valence-corrected chi connectivity index (χ3v) is 3.83. The number of halogens is 6. The molecule has 114 valence electrons. The molecule has 0 unspecified atom stereocenters. The maximum Gasteiger partial charge on any atom is 0.471 e. The Balaban J connectivity index is 2.40. The van der Waals surface area contributed by atoms with Crippen molar-refractivity contribution < 1.29 is 41.0 Å². The van der Waals surface area contributed by atoms with E-state index in [-0.39, 0.29) is 17.7 Å². The smallest absolute Gasteiger partial charge is 0.471 e. The minimum atomic E-state index is -5.32. The molecule has 4 nitrogen and oxygen atoms in total. The van der Waals surface area contributed by atoms with Crippen LogP contribution in [0.2, 0.25) is 0 Å². The number of carboxylic acids is 1. The molecule has 0 aromatic rings. The first-order chi connectivity index (χ1) is 8.96. The van der Waals surface area contributed by atoms with Gasteiger partial charge in [-0.15, -0.1) is 0 Å². The Kier molecular flexibility index (Phi) is 3.17. The van der Waals surface area contributed by atoms with Gasteiger partial charge in [-0.25, -0.2) is 0 Å². The summed E-state index contributed by atoms with van der Waals surface area (Å²) in [6.45, 7) is 0. The highest BCUT2D eigenvalue weighted by atomic mass is 19.4. The number of aliphatic carboxylic acids is 1. The molecule has 0 saturated carbocycles. The highest BCUT2D eigenvalue weighted by Crippen LogP contribution is 2.53. The Morgan fingerprint density at radius 3 is 1.85 bits per heavy atom. The number of carboxylic acid groups (broad SMARTS) is 1. The molecule has 1 amide bonds. The van der Waals surface area contributed by atoms with E-state index in [2.05, 4.69) is 0 Å². The number of amides is 1. The largest absolute Gasteiger partial charge is 0.481 e. The fourth-order valence-corrected chi connectivity index (χ4v) is 3.24. The van der Waals surface area contributed by atoms with Crippen molar-refractivity contribution >= 4 is 11.9 Å². The quantitative estimate of drug-likeness (QED) is 0.752. The van der Waals surface area contributed by atoms with Crippen LogP contribution in [0.3, 0.4) is 0 Å². The molecule has 2 heterocycles. The molecule has 20 heavy (non-hydrogen) atoms. The lowest BCUT2D eigenvalue weighted by atomic mass is 9.79. The molecule has 2 saturated heterocycles. The molecule has 0 aliphatic carbocycles.